The summed E-state index contributed by atoms with van der Waals surface area (Å²) < 4.78 is 30.1. The molecule has 1 N–H and O–H groups in total. The summed E-state index contributed by atoms with van der Waals surface area (Å²) in [6.45, 7) is -0.269. The topological polar surface area (TPSA) is 51.0 Å². The van der Waals surface area contributed by atoms with Crippen molar-refractivity contribution in [3.63, 3.8) is 0 Å². The summed E-state index contributed by atoms with van der Waals surface area (Å²) in [4.78, 5) is 0. The van der Waals surface area contributed by atoms with Crippen molar-refractivity contribution >= 4 is 15.9 Å². The Balaban J connectivity index is 2.04. The number of benzene rings is 1. The number of aromatic nitrogens is 2. The third-order valence-corrected chi connectivity index (χ3v) is 2.84. The van der Waals surface area contributed by atoms with Gasteiger partial charge in [0.15, 0.2) is 0 Å². The lowest BCUT2D eigenvalue weighted by molar-refractivity contribution is 0.144. The highest BCUT2D eigenvalue weighted by Gasteiger charge is 2.11. The van der Waals surface area contributed by atoms with Crippen LogP contribution in [0.25, 0.3) is 11.5 Å². The molecule has 0 fully saturated rings. The molecule has 0 aliphatic rings. The first-order valence-electron chi connectivity index (χ1n) is 5.23. The molecule has 1 aromatic heterocycles. The molecule has 0 aliphatic heterocycles. The molecule has 1 heterocycles. The largest absolute Gasteiger partial charge is 0.419 e. The fourth-order valence-corrected chi connectivity index (χ4v) is 1.81. The van der Waals surface area contributed by atoms with E-state index in [-0.39, 0.29) is 12.4 Å². The van der Waals surface area contributed by atoms with E-state index in [1.807, 2.05) is 24.3 Å². The van der Waals surface area contributed by atoms with E-state index in [1.54, 1.807) is 0 Å². The van der Waals surface area contributed by atoms with Crippen molar-refractivity contribution in [3.8, 4) is 11.5 Å². The number of alkyl halides is 2. The smallest absolute Gasteiger partial charge is 0.250 e. The van der Waals surface area contributed by atoms with Gasteiger partial charge < -0.3 is 9.73 Å². The van der Waals surface area contributed by atoms with Crippen LogP contribution in [0.3, 0.4) is 0 Å². The van der Waals surface area contributed by atoms with Gasteiger partial charge in [-0.1, -0.05) is 12.1 Å². The molecule has 0 spiro atoms. The lowest BCUT2D eigenvalue weighted by atomic mass is 10.2. The summed E-state index contributed by atoms with van der Waals surface area (Å²) in [7, 11) is 0. The second kappa shape index (κ2) is 6.01. The van der Waals surface area contributed by atoms with Crippen LogP contribution < -0.4 is 5.32 Å². The lowest BCUT2D eigenvalue weighted by Crippen LogP contribution is -2.20. The van der Waals surface area contributed by atoms with Gasteiger partial charge in [-0.05, 0) is 28.1 Å². The van der Waals surface area contributed by atoms with Crippen molar-refractivity contribution in [3.05, 3.63) is 34.6 Å². The fourth-order valence-electron chi connectivity index (χ4n) is 1.36. The van der Waals surface area contributed by atoms with Gasteiger partial charge in [0.25, 0.3) is 6.43 Å². The third kappa shape index (κ3) is 3.33. The van der Waals surface area contributed by atoms with Gasteiger partial charge in [-0.2, -0.15) is 0 Å². The molecule has 0 atom stereocenters. The average molecular weight is 318 g/mol. The molecule has 1 aromatic carbocycles. The molecule has 4 nitrogen and oxygen atoms in total. The second-order valence-electron chi connectivity index (χ2n) is 3.50. The minimum absolute atomic E-state index is 0.127. The SMILES string of the molecule is FC(F)CNCc1nnc(-c2ccccc2Br)o1. The number of hydrogen-bond acceptors (Lipinski definition) is 4. The van der Waals surface area contributed by atoms with E-state index in [2.05, 4.69) is 31.4 Å². The molecule has 96 valence electrons. The quantitative estimate of drug-likeness (QED) is 0.921. The number of halogens is 3. The molecule has 0 saturated carbocycles. The minimum Gasteiger partial charge on any atom is -0.419 e. The van der Waals surface area contributed by atoms with E-state index in [4.69, 9.17) is 4.42 Å². The van der Waals surface area contributed by atoms with Crippen LogP contribution in [0.5, 0.6) is 0 Å². The van der Waals surface area contributed by atoms with Crippen molar-refractivity contribution in [2.24, 2.45) is 0 Å². The van der Waals surface area contributed by atoms with E-state index >= 15 is 0 Å². The normalized spacial score (nSPS) is 11.1. The number of hydrogen-bond donors (Lipinski definition) is 1. The summed E-state index contributed by atoms with van der Waals surface area (Å²) in [6.07, 6.45) is -2.39. The molecule has 0 radical (unpaired) electrons. The van der Waals surface area contributed by atoms with Gasteiger partial charge in [-0.15, -0.1) is 10.2 Å². The van der Waals surface area contributed by atoms with E-state index < -0.39 is 13.0 Å². The molecular weight excluding hydrogens is 308 g/mol. The molecule has 2 rings (SSSR count). The van der Waals surface area contributed by atoms with Crippen molar-refractivity contribution in [1.82, 2.24) is 15.5 Å². The zero-order chi connectivity index (χ0) is 13.0. The maximum absolute atomic E-state index is 11.9. The van der Waals surface area contributed by atoms with Gasteiger partial charge in [-0.25, -0.2) is 8.78 Å². The van der Waals surface area contributed by atoms with E-state index in [0.29, 0.717) is 5.89 Å². The zero-order valence-corrected chi connectivity index (χ0v) is 10.8. The zero-order valence-electron chi connectivity index (χ0n) is 9.24. The molecular formula is C11H10BrF2N3O. The summed E-state index contributed by atoms with van der Waals surface area (Å²) in [5, 5.41) is 10.2. The molecule has 0 aliphatic carbocycles. The van der Waals surface area contributed by atoms with Crippen LogP contribution in [0.4, 0.5) is 8.78 Å². The minimum atomic E-state index is -2.39. The van der Waals surface area contributed by atoms with Gasteiger partial charge in [0.1, 0.15) is 0 Å². The number of nitrogens with one attached hydrogen (secondary N) is 1. The van der Waals surface area contributed by atoms with E-state index in [0.717, 1.165) is 10.0 Å². The maximum Gasteiger partial charge on any atom is 0.250 e. The Kier molecular flexibility index (Phi) is 4.38. The van der Waals surface area contributed by atoms with Crippen molar-refractivity contribution in [1.29, 1.82) is 0 Å². The predicted octanol–water partition coefficient (Wildman–Crippen LogP) is 2.85. The molecule has 2 aromatic rings. The van der Waals surface area contributed by atoms with Crippen molar-refractivity contribution in [2.45, 2.75) is 13.0 Å². The Morgan fingerprint density at radius 3 is 2.78 bits per heavy atom. The summed E-state index contributed by atoms with van der Waals surface area (Å²) in [5.74, 6) is 0.637. The second-order valence-corrected chi connectivity index (χ2v) is 4.36. The Morgan fingerprint density at radius 2 is 2.06 bits per heavy atom. The van der Waals surface area contributed by atoms with Gasteiger partial charge in [0, 0.05) is 4.47 Å². The Hall–Kier alpha value is -1.34. The first kappa shape index (κ1) is 13.1. The third-order valence-electron chi connectivity index (χ3n) is 2.15. The Bertz CT molecular complexity index is 518. The molecule has 0 bridgehead atoms. The maximum atomic E-state index is 11.9. The van der Waals surface area contributed by atoms with Gasteiger partial charge in [0.2, 0.25) is 11.8 Å². The van der Waals surface area contributed by atoms with Crippen LogP contribution in [0.1, 0.15) is 5.89 Å². The lowest BCUT2D eigenvalue weighted by Gasteiger charge is -1.99. The highest BCUT2D eigenvalue weighted by Crippen LogP contribution is 2.26. The predicted molar refractivity (Wildman–Crippen MR) is 65.1 cm³/mol. The Labute approximate surface area is 111 Å². The van der Waals surface area contributed by atoms with Crippen LogP contribution in [0, 0.1) is 0 Å². The average Bonchev–Trinajstić information content (AvgIpc) is 2.78. The first-order chi connectivity index (χ1) is 8.66. The highest BCUT2D eigenvalue weighted by molar-refractivity contribution is 9.10. The fraction of sp³-hybridized carbons (Fsp3) is 0.273. The van der Waals surface area contributed by atoms with Crippen LogP contribution in [0.15, 0.2) is 33.2 Å². The van der Waals surface area contributed by atoms with E-state index in [9.17, 15) is 8.78 Å². The van der Waals surface area contributed by atoms with E-state index in [1.165, 1.54) is 0 Å². The standard InChI is InChI=1S/C11H10BrF2N3O/c12-8-4-2-1-3-7(8)11-17-16-10(18-11)6-15-5-9(13)14/h1-4,9,15H,5-6H2. The highest BCUT2D eigenvalue weighted by atomic mass is 79.9. The van der Waals surface area contributed by atoms with Crippen molar-refractivity contribution in [2.75, 3.05) is 6.54 Å². The van der Waals surface area contributed by atoms with Crippen LogP contribution in [-0.2, 0) is 6.54 Å². The summed E-state index contributed by atoms with van der Waals surface area (Å²) in [6, 6.07) is 7.40. The number of nitrogens with zero attached hydrogens (tertiary/aromatic N) is 2. The van der Waals surface area contributed by atoms with Crippen LogP contribution in [0.2, 0.25) is 0 Å². The first-order valence-corrected chi connectivity index (χ1v) is 6.02. The summed E-state index contributed by atoms with van der Waals surface area (Å²) >= 11 is 3.37. The van der Waals surface area contributed by atoms with Gasteiger partial charge >= 0.3 is 0 Å². The molecule has 0 saturated heterocycles. The van der Waals surface area contributed by atoms with Crippen LogP contribution >= 0.6 is 15.9 Å². The molecule has 18 heavy (non-hydrogen) atoms. The van der Waals surface area contributed by atoms with Gasteiger partial charge in [-0.3, -0.25) is 0 Å². The van der Waals surface area contributed by atoms with Crippen LogP contribution in [-0.4, -0.2) is 23.2 Å². The molecule has 0 amide bonds. The molecule has 0 unspecified atom stereocenters. The monoisotopic (exact) mass is 317 g/mol. The van der Waals surface area contributed by atoms with Crippen molar-refractivity contribution < 1.29 is 13.2 Å². The molecule has 7 heteroatoms. The number of rotatable bonds is 5. The summed E-state index contributed by atoms with van der Waals surface area (Å²) in [5.41, 5.74) is 0.769. The Morgan fingerprint density at radius 1 is 1.28 bits per heavy atom. The van der Waals surface area contributed by atoms with Gasteiger partial charge in [0.05, 0.1) is 18.7 Å².